The lowest BCUT2D eigenvalue weighted by atomic mass is 10.1. The molecule has 0 radical (unpaired) electrons. The third-order valence-electron chi connectivity index (χ3n) is 2.76. The molecule has 2 rings (SSSR count). The standard InChI is InChI=1S/C11H15N3O2S/c1-2-3-8-11(16)13-6-10(15)14(8)7-9-12-4-5-17-9/h4-5,8H,2-3,6-7H2,1H3,(H,13,16). The number of nitrogens with zero attached hydrogens (tertiary/aromatic N) is 2. The van der Waals surface area contributed by atoms with Crippen LogP contribution >= 0.6 is 11.3 Å². The zero-order chi connectivity index (χ0) is 12.3. The second kappa shape index (κ2) is 5.27. The molecular weight excluding hydrogens is 238 g/mol. The summed E-state index contributed by atoms with van der Waals surface area (Å²) < 4.78 is 0. The number of hydrogen-bond donors (Lipinski definition) is 1. The summed E-state index contributed by atoms with van der Waals surface area (Å²) in [6, 6.07) is -0.342. The molecule has 17 heavy (non-hydrogen) atoms. The third-order valence-corrected chi connectivity index (χ3v) is 3.53. The Labute approximate surface area is 104 Å². The first-order valence-corrected chi connectivity index (χ1v) is 6.56. The van der Waals surface area contributed by atoms with Crippen LogP contribution in [0.5, 0.6) is 0 Å². The minimum atomic E-state index is -0.342. The molecule has 1 fully saturated rings. The minimum Gasteiger partial charge on any atom is -0.345 e. The molecule has 92 valence electrons. The Morgan fingerprint density at radius 3 is 3.06 bits per heavy atom. The lowest BCUT2D eigenvalue weighted by Gasteiger charge is -2.34. The zero-order valence-corrected chi connectivity index (χ0v) is 10.5. The van der Waals surface area contributed by atoms with Gasteiger partial charge in [0.05, 0.1) is 13.1 Å². The fourth-order valence-corrected chi connectivity index (χ4v) is 2.55. The van der Waals surface area contributed by atoms with E-state index in [1.165, 1.54) is 11.3 Å². The molecule has 1 saturated heterocycles. The molecule has 1 N–H and O–H groups in total. The van der Waals surface area contributed by atoms with Crippen LogP contribution in [0.25, 0.3) is 0 Å². The number of hydrogen-bond acceptors (Lipinski definition) is 4. The largest absolute Gasteiger partial charge is 0.345 e. The first-order valence-electron chi connectivity index (χ1n) is 5.68. The van der Waals surface area contributed by atoms with Crippen LogP contribution in [0.4, 0.5) is 0 Å². The van der Waals surface area contributed by atoms with E-state index in [2.05, 4.69) is 10.3 Å². The predicted octanol–water partition coefficient (Wildman–Crippen LogP) is 0.770. The number of nitrogens with one attached hydrogen (secondary N) is 1. The van der Waals surface area contributed by atoms with Gasteiger partial charge in [-0.1, -0.05) is 13.3 Å². The Bertz CT molecular complexity index is 405. The monoisotopic (exact) mass is 253 g/mol. The Morgan fingerprint density at radius 2 is 2.41 bits per heavy atom. The van der Waals surface area contributed by atoms with Crippen LogP contribution in [0.2, 0.25) is 0 Å². The molecule has 0 spiro atoms. The van der Waals surface area contributed by atoms with E-state index in [1.807, 2.05) is 12.3 Å². The van der Waals surface area contributed by atoms with Crippen LogP contribution in [0.1, 0.15) is 24.8 Å². The van der Waals surface area contributed by atoms with Gasteiger partial charge in [0.1, 0.15) is 11.0 Å². The van der Waals surface area contributed by atoms with Gasteiger partial charge in [-0.25, -0.2) is 4.98 Å². The molecule has 0 bridgehead atoms. The summed E-state index contributed by atoms with van der Waals surface area (Å²) in [5, 5.41) is 5.37. The smallest absolute Gasteiger partial charge is 0.243 e. The molecule has 6 heteroatoms. The van der Waals surface area contributed by atoms with Crippen molar-refractivity contribution in [1.82, 2.24) is 15.2 Å². The van der Waals surface area contributed by atoms with Crippen LogP contribution in [0.15, 0.2) is 11.6 Å². The number of aromatic nitrogens is 1. The first kappa shape index (κ1) is 12.0. The zero-order valence-electron chi connectivity index (χ0n) is 9.68. The highest BCUT2D eigenvalue weighted by Gasteiger charge is 2.33. The lowest BCUT2D eigenvalue weighted by Crippen LogP contribution is -2.57. The van der Waals surface area contributed by atoms with Crippen molar-refractivity contribution in [3.05, 3.63) is 16.6 Å². The molecule has 1 atom stereocenters. The number of piperazine rings is 1. The fraction of sp³-hybridized carbons (Fsp3) is 0.545. The van der Waals surface area contributed by atoms with Gasteiger partial charge in [0, 0.05) is 11.6 Å². The van der Waals surface area contributed by atoms with E-state index >= 15 is 0 Å². The van der Waals surface area contributed by atoms with Crippen molar-refractivity contribution in [2.75, 3.05) is 6.54 Å². The van der Waals surface area contributed by atoms with Crippen LogP contribution in [0.3, 0.4) is 0 Å². The molecule has 2 heterocycles. The van der Waals surface area contributed by atoms with Crippen LogP contribution in [0, 0.1) is 0 Å². The molecule has 1 aliphatic heterocycles. The van der Waals surface area contributed by atoms with E-state index in [0.717, 1.165) is 11.4 Å². The van der Waals surface area contributed by atoms with Crippen molar-refractivity contribution in [2.24, 2.45) is 0 Å². The predicted molar refractivity (Wildman–Crippen MR) is 64.4 cm³/mol. The van der Waals surface area contributed by atoms with E-state index in [1.54, 1.807) is 11.1 Å². The second-order valence-electron chi connectivity index (χ2n) is 3.97. The van der Waals surface area contributed by atoms with Crippen molar-refractivity contribution in [3.8, 4) is 0 Å². The molecular formula is C11H15N3O2S. The number of thiazole rings is 1. The van der Waals surface area contributed by atoms with Crippen LogP contribution in [-0.2, 0) is 16.1 Å². The highest BCUT2D eigenvalue weighted by atomic mass is 32.1. The first-order chi connectivity index (χ1) is 8.22. The highest BCUT2D eigenvalue weighted by molar-refractivity contribution is 7.09. The summed E-state index contributed by atoms with van der Waals surface area (Å²) in [6.07, 6.45) is 3.28. The second-order valence-corrected chi connectivity index (χ2v) is 4.95. The Kier molecular flexibility index (Phi) is 3.73. The summed E-state index contributed by atoms with van der Waals surface area (Å²) >= 11 is 1.50. The summed E-state index contributed by atoms with van der Waals surface area (Å²) in [4.78, 5) is 29.4. The Morgan fingerprint density at radius 1 is 1.59 bits per heavy atom. The highest BCUT2D eigenvalue weighted by Crippen LogP contribution is 2.16. The fourth-order valence-electron chi connectivity index (χ4n) is 1.93. The average Bonchev–Trinajstić information content (AvgIpc) is 2.81. The number of carbonyl (C=O) groups is 2. The molecule has 1 aliphatic rings. The van der Waals surface area contributed by atoms with Crippen molar-refractivity contribution < 1.29 is 9.59 Å². The molecule has 1 aromatic heterocycles. The van der Waals surface area contributed by atoms with E-state index in [0.29, 0.717) is 13.0 Å². The van der Waals surface area contributed by atoms with E-state index in [4.69, 9.17) is 0 Å². The third kappa shape index (κ3) is 2.63. The molecule has 0 aromatic carbocycles. The van der Waals surface area contributed by atoms with E-state index in [9.17, 15) is 9.59 Å². The number of amides is 2. The van der Waals surface area contributed by atoms with E-state index in [-0.39, 0.29) is 24.4 Å². The molecule has 1 aromatic rings. The summed E-state index contributed by atoms with van der Waals surface area (Å²) in [5.41, 5.74) is 0. The number of carbonyl (C=O) groups excluding carboxylic acids is 2. The van der Waals surface area contributed by atoms with Gasteiger partial charge in [-0.2, -0.15) is 0 Å². The normalized spacial score (nSPS) is 20.5. The number of rotatable bonds is 4. The Hall–Kier alpha value is -1.43. The van der Waals surface area contributed by atoms with Gasteiger partial charge in [0.25, 0.3) is 0 Å². The van der Waals surface area contributed by atoms with Crippen molar-refractivity contribution >= 4 is 23.2 Å². The lowest BCUT2D eigenvalue weighted by molar-refractivity contribution is -0.146. The topological polar surface area (TPSA) is 62.3 Å². The quantitative estimate of drug-likeness (QED) is 0.862. The Balaban J connectivity index is 2.13. The maximum absolute atomic E-state index is 11.8. The maximum atomic E-state index is 11.8. The van der Waals surface area contributed by atoms with Gasteiger partial charge in [-0.05, 0) is 6.42 Å². The molecule has 0 aliphatic carbocycles. The summed E-state index contributed by atoms with van der Waals surface area (Å²) in [6.45, 7) is 2.55. The van der Waals surface area contributed by atoms with Crippen LogP contribution < -0.4 is 5.32 Å². The van der Waals surface area contributed by atoms with Crippen molar-refractivity contribution in [1.29, 1.82) is 0 Å². The van der Waals surface area contributed by atoms with Gasteiger partial charge >= 0.3 is 0 Å². The van der Waals surface area contributed by atoms with E-state index < -0.39 is 0 Å². The molecule has 1 unspecified atom stereocenters. The van der Waals surface area contributed by atoms with Gasteiger partial charge in [-0.3, -0.25) is 9.59 Å². The molecule has 5 nitrogen and oxygen atoms in total. The summed E-state index contributed by atoms with van der Waals surface area (Å²) in [5.74, 6) is -0.0822. The van der Waals surface area contributed by atoms with Crippen molar-refractivity contribution in [2.45, 2.75) is 32.4 Å². The molecule has 0 saturated carbocycles. The minimum absolute atomic E-state index is 0.0294. The van der Waals surface area contributed by atoms with Gasteiger partial charge in [-0.15, -0.1) is 11.3 Å². The van der Waals surface area contributed by atoms with Crippen molar-refractivity contribution in [3.63, 3.8) is 0 Å². The van der Waals surface area contributed by atoms with Crippen LogP contribution in [-0.4, -0.2) is 34.3 Å². The van der Waals surface area contributed by atoms with Gasteiger partial charge < -0.3 is 10.2 Å². The molecule has 2 amide bonds. The van der Waals surface area contributed by atoms with Gasteiger partial charge in [0.15, 0.2) is 0 Å². The maximum Gasteiger partial charge on any atom is 0.243 e. The van der Waals surface area contributed by atoms with Gasteiger partial charge in [0.2, 0.25) is 11.8 Å². The SMILES string of the molecule is CCCC1C(=O)NCC(=O)N1Cc1nccs1. The summed E-state index contributed by atoms with van der Waals surface area (Å²) in [7, 11) is 0. The average molecular weight is 253 g/mol.